The van der Waals surface area contributed by atoms with Crippen LogP contribution in [0.2, 0.25) is 0 Å². The van der Waals surface area contributed by atoms with Gasteiger partial charge in [0.05, 0.1) is 5.69 Å². The summed E-state index contributed by atoms with van der Waals surface area (Å²) in [5.41, 5.74) is 1.10. The fourth-order valence-corrected chi connectivity index (χ4v) is 4.53. The Hall–Kier alpha value is -2.28. The van der Waals surface area contributed by atoms with Gasteiger partial charge >= 0.3 is 0 Å². The first-order chi connectivity index (χ1) is 13.2. The predicted molar refractivity (Wildman–Crippen MR) is 105 cm³/mol. The van der Waals surface area contributed by atoms with Gasteiger partial charge in [-0.3, -0.25) is 4.79 Å². The Morgan fingerprint density at radius 1 is 1.15 bits per heavy atom. The van der Waals surface area contributed by atoms with Crippen molar-refractivity contribution in [2.45, 2.75) is 12.5 Å². The Kier molecular flexibility index (Phi) is 5.48. The minimum atomic E-state index is -0.227. The molecule has 0 saturated carbocycles. The highest BCUT2D eigenvalue weighted by Gasteiger charge is 2.27. The summed E-state index contributed by atoms with van der Waals surface area (Å²) in [5.74, 6) is 2.14. The molecular formula is C20H22FN3O2S. The van der Waals surface area contributed by atoms with E-state index in [0.717, 1.165) is 17.9 Å². The lowest BCUT2D eigenvalue weighted by Gasteiger charge is -2.36. The van der Waals surface area contributed by atoms with E-state index < -0.39 is 0 Å². The van der Waals surface area contributed by atoms with E-state index in [1.165, 1.54) is 6.07 Å². The number of hydrogen-bond donors (Lipinski definition) is 0. The Labute approximate surface area is 162 Å². The van der Waals surface area contributed by atoms with Crippen LogP contribution < -0.4 is 9.64 Å². The van der Waals surface area contributed by atoms with Gasteiger partial charge in [-0.25, -0.2) is 9.37 Å². The molecule has 3 heterocycles. The number of piperazine rings is 1. The first kappa shape index (κ1) is 18.1. The number of anilines is 1. The molecule has 1 amide bonds. The summed E-state index contributed by atoms with van der Waals surface area (Å²) >= 11 is 1.86. The van der Waals surface area contributed by atoms with Gasteiger partial charge in [0.15, 0.2) is 0 Å². The molecule has 0 bridgehead atoms. The van der Waals surface area contributed by atoms with Gasteiger partial charge in [-0.15, -0.1) is 0 Å². The average Bonchev–Trinajstić information content (AvgIpc) is 3.22. The first-order valence-corrected chi connectivity index (χ1v) is 10.4. The second-order valence-electron chi connectivity index (χ2n) is 6.69. The monoisotopic (exact) mass is 387 g/mol. The van der Waals surface area contributed by atoms with E-state index in [9.17, 15) is 9.18 Å². The second-order valence-corrected chi connectivity index (χ2v) is 7.84. The number of ether oxygens (including phenoxy) is 1. The van der Waals surface area contributed by atoms with E-state index in [2.05, 4.69) is 4.98 Å². The number of hydrogen-bond acceptors (Lipinski definition) is 5. The third-order valence-corrected chi connectivity index (χ3v) is 6.06. The van der Waals surface area contributed by atoms with Crippen LogP contribution >= 0.6 is 11.8 Å². The van der Waals surface area contributed by atoms with E-state index >= 15 is 0 Å². The fourth-order valence-electron chi connectivity index (χ4n) is 3.44. The number of para-hydroxylation sites is 1. The molecule has 0 radical (unpaired) electrons. The molecule has 2 fully saturated rings. The standard InChI is InChI=1S/C20H22FN3O2S/c21-17-5-1-2-6-18(17)23-9-11-24(12-10-23)20(25)16-4-3-8-22-19(16)26-15-7-13-27-14-15/h1-6,8,15H,7,9-14H2/t15-/m1/s1. The molecule has 2 aliphatic rings. The summed E-state index contributed by atoms with van der Waals surface area (Å²) in [6.45, 7) is 2.28. The minimum absolute atomic E-state index is 0.0723. The maximum atomic E-state index is 14.0. The fraction of sp³-hybridized carbons (Fsp3) is 0.400. The molecule has 4 rings (SSSR count). The highest BCUT2D eigenvalue weighted by molar-refractivity contribution is 7.99. The number of thioether (sulfide) groups is 1. The van der Waals surface area contributed by atoms with Crippen LogP contribution in [0.3, 0.4) is 0 Å². The Bertz CT molecular complexity index is 805. The minimum Gasteiger partial charge on any atom is -0.473 e. The molecule has 0 spiro atoms. The van der Waals surface area contributed by atoms with Crippen LogP contribution in [-0.2, 0) is 0 Å². The Balaban J connectivity index is 1.43. The number of benzene rings is 1. The number of rotatable bonds is 4. The highest BCUT2D eigenvalue weighted by Crippen LogP contribution is 2.26. The molecule has 2 aromatic rings. The van der Waals surface area contributed by atoms with Gasteiger partial charge in [0.2, 0.25) is 5.88 Å². The van der Waals surface area contributed by atoms with E-state index in [1.807, 2.05) is 22.7 Å². The van der Waals surface area contributed by atoms with Crippen molar-refractivity contribution in [2.75, 3.05) is 42.6 Å². The van der Waals surface area contributed by atoms with Crippen LogP contribution in [0.15, 0.2) is 42.6 Å². The summed E-state index contributed by atoms with van der Waals surface area (Å²) in [6.07, 6.45) is 2.76. The third kappa shape index (κ3) is 4.03. The van der Waals surface area contributed by atoms with Gasteiger partial charge in [0.25, 0.3) is 5.91 Å². The summed E-state index contributed by atoms with van der Waals surface area (Å²) in [4.78, 5) is 21.1. The first-order valence-electron chi connectivity index (χ1n) is 9.20. The van der Waals surface area contributed by atoms with Gasteiger partial charge in [-0.2, -0.15) is 11.8 Å². The molecule has 0 N–H and O–H groups in total. The molecule has 2 saturated heterocycles. The number of halogens is 1. The van der Waals surface area contributed by atoms with E-state index in [4.69, 9.17) is 4.74 Å². The van der Waals surface area contributed by atoms with Crippen LogP contribution in [0.25, 0.3) is 0 Å². The molecular weight excluding hydrogens is 365 g/mol. The van der Waals surface area contributed by atoms with Gasteiger partial charge in [-0.1, -0.05) is 12.1 Å². The zero-order valence-electron chi connectivity index (χ0n) is 15.0. The number of aromatic nitrogens is 1. The number of nitrogens with zero attached hydrogens (tertiary/aromatic N) is 3. The zero-order chi connectivity index (χ0) is 18.6. The van der Waals surface area contributed by atoms with Gasteiger partial charge in [-0.05, 0) is 36.4 Å². The Morgan fingerprint density at radius 2 is 1.96 bits per heavy atom. The van der Waals surface area contributed by atoms with Crippen molar-refractivity contribution < 1.29 is 13.9 Å². The molecule has 7 heteroatoms. The van der Waals surface area contributed by atoms with E-state index in [0.29, 0.717) is 43.3 Å². The van der Waals surface area contributed by atoms with Crippen LogP contribution in [0.4, 0.5) is 10.1 Å². The molecule has 0 unspecified atom stereocenters. The normalized spacial score (nSPS) is 20.0. The lowest BCUT2D eigenvalue weighted by molar-refractivity contribution is 0.0738. The van der Waals surface area contributed by atoms with Crippen molar-refractivity contribution in [3.63, 3.8) is 0 Å². The van der Waals surface area contributed by atoms with Crippen molar-refractivity contribution in [3.05, 3.63) is 54.0 Å². The van der Waals surface area contributed by atoms with Gasteiger partial charge < -0.3 is 14.5 Å². The SMILES string of the molecule is O=C(c1cccnc1O[C@@H]1CCSC1)N1CCN(c2ccccc2F)CC1. The summed E-state index contributed by atoms with van der Waals surface area (Å²) in [5, 5.41) is 0. The molecule has 142 valence electrons. The molecule has 1 aromatic heterocycles. The summed E-state index contributed by atoms with van der Waals surface area (Å²) in [7, 11) is 0. The molecule has 27 heavy (non-hydrogen) atoms. The molecule has 1 aromatic carbocycles. The lowest BCUT2D eigenvalue weighted by atomic mass is 10.2. The van der Waals surface area contributed by atoms with Crippen LogP contribution in [-0.4, -0.2) is 59.6 Å². The number of amides is 1. The van der Waals surface area contributed by atoms with Gasteiger partial charge in [0, 0.05) is 38.1 Å². The topological polar surface area (TPSA) is 45.7 Å². The predicted octanol–water partition coefficient (Wildman–Crippen LogP) is 3.07. The van der Waals surface area contributed by atoms with Crippen molar-refractivity contribution >= 4 is 23.4 Å². The molecule has 1 atom stereocenters. The van der Waals surface area contributed by atoms with Crippen molar-refractivity contribution in [3.8, 4) is 5.88 Å². The quantitative estimate of drug-likeness (QED) is 0.807. The molecule has 2 aliphatic heterocycles. The van der Waals surface area contributed by atoms with Crippen LogP contribution in [0.1, 0.15) is 16.8 Å². The van der Waals surface area contributed by atoms with Crippen molar-refractivity contribution in [1.82, 2.24) is 9.88 Å². The van der Waals surface area contributed by atoms with Crippen molar-refractivity contribution in [1.29, 1.82) is 0 Å². The average molecular weight is 387 g/mol. The Morgan fingerprint density at radius 3 is 2.70 bits per heavy atom. The summed E-state index contributed by atoms with van der Waals surface area (Å²) in [6, 6.07) is 10.3. The van der Waals surface area contributed by atoms with E-state index in [1.54, 1.807) is 35.4 Å². The van der Waals surface area contributed by atoms with Crippen LogP contribution in [0.5, 0.6) is 5.88 Å². The molecule has 5 nitrogen and oxygen atoms in total. The lowest BCUT2D eigenvalue weighted by Crippen LogP contribution is -2.49. The number of carbonyl (C=O) groups is 1. The maximum Gasteiger partial charge on any atom is 0.259 e. The number of pyridine rings is 1. The van der Waals surface area contributed by atoms with E-state index in [-0.39, 0.29) is 17.8 Å². The highest BCUT2D eigenvalue weighted by atomic mass is 32.2. The number of carbonyl (C=O) groups excluding carboxylic acids is 1. The second kappa shape index (κ2) is 8.17. The largest absolute Gasteiger partial charge is 0.473 e. The van der Waals surface area contributed by atoms with Gasteiger partial charge in [0.1, 0.15) is 17.5 Å². The summed E-state index contributed by atoms with van der Waals surface area (Å²) < 4.78 is 20.0. The molecule has 0 aliphatic carbocycles. The van der Waals surface area contributed by atoms with Crippen molar-refractivity contribution in [2.24, 2.45) is 0 Å². The van der Waals surface area contributed by atoms with Crippen LogP contribution in [0, 0.1) is 5.82 Å². The maximum absolute atomic E-state index is 14.0. The zero-order valence-corrected chi connectivity index (χ0v) is 15.8. The smallest absolute Gasteiger partial charge is 0.259 e. The third-order valence-electron chi connectivity index (χ3n) is 4.93.